The molecule has 7 nitrogen and oxygen atoms in total. The summed E-state index contributed by atoms with van der Waals surface area (Å²) in [5.74, 6) is -0.124. The summed E-state index contributed by atoms with van der Waals surface area (Å²) in [6, 6.07) is 14.0. The number of benzene rings is 2. The topological polar surface area (TPSA) is 98.3 Å². The Morgan fingerprint density at radius 2 is 1.88 bits per heavy atom. The summed E-state index contributed by atoms with van der Waals surface area (Å²) in [5, 5.41) is 19.7. The van der Waals surface area contributed by atoms with Gasteiger partial charge in [0.2, 0.25) is 5.91 Å². The van der Waals surface area contributed by atoms with E-state index < -0.39 is 0 Å². The molecule has 0 aliphatic heterocycles. The Morgan fingerprint density at radius 1 is 1.15 bits per heavy atom. The van der Waals surface area contributed by atoms with Crippen molar-refractivity contribution in [1.29, 1.82) is 0 Å². The van der Waals surface area contributed by atoms with Crippen molar-refractivity contribution < 1.29 is 9.90 Å². The minimum Gasteiger partial charge on any atom is -0.395 e. The van der Waals surface area contributed by atoms with Crippen molar-refractivity contribution in [2.24, 2.45) is 0 Å². The lowest BCUT2D eigenvalue weighted by Gasteiger charge is -2.13. The fraction of sp³-hybridized carbons (Fsp3) is 0.261. The van der Waals surface area contributed by atoms with Crippen LogP contribution in [-0.4, -0.2) is 40.3 Å². The van der Waals surface area contributed by atoms with Crippen molar-refractivity contribution >= 4 is 57.9 Å². The zero-order chi connectivity index (χ0) is 23.8. The Hall–Kier alpha value is -2.50. The van der Waals surface area contributed by atoms with E-state index in [1.807, 2.05) is 62.5 Å². The van der Waals surface area contributed by atoms with Crippen molar-refractivity contribution in [2.45, 2.75) is 31.7 Å². The van der Waals surface area contributed by atoms with Gasteiger partial charge in [-0.15, -0.1) is 11.3 Å². The smallest absolute Gasteiger partial charge is 0.221 e. The number of aliphatic hydroxyl groups excluding tert-OH is 1. The Bertz CT molecular complexity index is 1100. The summed E-state index contributed by atoms with van der Waals surface area (Å²) in [4.78, 5) is 18.0. The van der Waals surface area contributed by atoms with Crippen molar-refractivity contribution in [3.05, 3.63) is 48.7 Å². The first-order valence-corrected chi connectivity index (χ1v) is 12.5. The van der Waals surface area contributed by atoms with Crippen LogP contribution in [0.3, 0.4) is 0 Å². The zero-order valence-electron chi connectivity index (χ0n) is 18.6. The fourth-order valence-electron chi connectivity index (χ4n) is 2.92. The van der Waals surface area contributed by atoms with Crippen molar-refractivity contribution in [3.63, 3.8) is 0 Å². The summed E-state index contributed by atoms with van der Waals surface area (Å²) in [6.07, 6.45) is 1.86. The first-order valence-electron chi connectivity index (χ1n) is 10.4. The molecule has 0 bridgehead atoms. The third kappa shape index (κ3) is 7.51. The molecule has 0 fully saturated rings. The number of carbonyl (C=O) groups is 1. The van der Waals surface area contributed by atoms with Gasteiger partial charge < -0.3 is 21.1 Å². The van der Waals surface area contributed by atoms with E-state index in [1.54, 1.807) is 11.3 Å². The van der Waals surface area contributed by atoms with Crippen LogP contribution in [0.2, 0.25) is 0 Å². The zero-order valence-corrected chi connectivity index (χ0v) is 21.1. The van der Waals surface area contributed by atoms with Gasteiger partial charge in [0.15, 0.2) is 5.11 Å². The van der Waals surface area contributed by atoms with Gasteiger partial charge in [-0.2, -0.15) is 0 Å². The summed E-state index contributed by atoms with van der Waals surface area (Å²) in [5.41, 5.74) is 3.65. The highest BCUT2D eigenvalue weighted by atomic mass is 32.2. The predicted octanol–water partition coefficient (Wildman–Crippen LogP) is 4.72. The fourth-order valence-corrected chi connectivity index (χ4v) is 5.13. The standard InChI is InChI=1S/C23H27N5O2S3/c1-14(2)26-23(31)28-17-6-4-16(5-7-17)22-24-13-21(32-22)19-9-8-18(27-15(3)30)12-20(19)33-25-10-11-29/h4-9,12-14,25,29H,10-11H2,1-3H3,(H,27,30)(H2,26,28,31). The molecular formula is C23H27N5O2S3. The maximum absolute atomic E-state index is 11.4. The van der Waals surface area contributed by atoms with Gasteiger partial charge in [0.25, 0.3) is 0 Å². The molecule has 174 valence electrons. The number of carbonyl (C=O) groups excluding carboxylic acids is 1. The monoisotopic (exact) mass is 501 g/mol. The number of amides is 1. The molecule has 10 heteroatoms. The second-order valence-electron chi connectivity index (χ2n) is 7.47. The quantitative estimate of drug-likeness (QED) is 0.163. The Morgan fingerprint density at radius 3 is 2.55 bits per heavy atom. The van der Waals surface area contributed by atoms with Gasteiger partial charge in [-0.05, 0) is 74.4 Å². The number of aromatic nitrogens is 1. The van der Waals surface area contributed by atoms with Crippen LogP contribution in [0.5, 0.6) is 0 Å². The molecule has 33 heavy (non-hydrogen) atoms. The molecule has 0 saturated carbocycles. The predicted molar refractivity (Wildman–Crippen MR) is 143 cm³/mol. The van der Waals surface area contributed by atoms with Crippen LogP contribution in [-0.2, 0) is 4.79 Å². The van der Waals surface area contributed by atoms with E-state index in [0.29, 0.717) is 11.7 Å². The lowest BCUT2D eigenvalue weighted by Crippen LogP contribution is -2.33. The molecule has 0 atom stereocenters. The maximum Gasteiger partial charge on any atom is 0.221 e. The molecule has 1 aromatic heterocycles. The molecule has 2 aromatic carbocycles. The highest BCUT2D eigenvalue weighted by Gasteiger charge is 2.13. The number of nitrogens with one attached hydrogen (secondary N) is 4. The van der Waals surface area contributed by atoms with Crippen molar-refractivity contribution in [3.8, 4) is 21.0 Å². The summed E-state index contributed by atoms with van der Waals surface area (Å²) < 4.78 is 3.13. The molecule has 3 rings (SSSR count). The minimum atomic E-state index is -0.124. The van der Waals surface area contributed by atoms with Crippen LogP contribution >= 0.6 is 35.5 Å². The van der Waals surface area contributed by atoms with Gasteiger partial charge in [-0.3, -0.25) is 9.52 Å². The van der Waals surface area contributed by atoms with Crippen LogP contribution in [0, 0.1) is 0 Å². The summed E-state index contributed by atoms with van der Waals surface area (Å²) in [6.45, 7) is 6.06. The third-order valence-electron chi connectivity index (χ3n) is 4.28. The second kappa shape index (κ2) is 12.1. The normalized spacial score (nSPS) is 10.8. The van der Waals surface area contributed by atoms with Gasteiger partial charge >= 0.3 is 0 Å². The Kier molecular flexibility index (Phi) is 9.21. The first kappa shape index (κ1) is 25.1. The molecule has 5 N–H and O–H groups in total. The Balaban J connectivity index is 1.80. The average molecular weight is 502 g/mol. The number of hydrogen-bond donors (Lipinski definition) is 5. The van der Waals surface area contributed by atoms with Crippen LogP contribution < -0.4 is 20.7 Å². The third-order valence-corrected chi connectivity index (χ3v) is 6.48. The van der Waals surface area contributed by atoms with Crippen LogP contribution in [0.4, 0.5) is 11.4 Å². The first-order chi connectivity index (χ1) is 15.9. The van der Waals surface area contributed by atoms with Crippen LogP contribution in [0.25, 0.3) is 21.0 Å². The molecular weight excluding hydrogens is 474 g/mol. The number of anilines is 2. The number of aliphatic hydroxyl groups is 1. The number of thiocarbonyl (C=S) groups is 1. The van der Waals surface area contributed by atoms with E-state index in [1.165, 1.54) is 18.9 Å². The van der Waals surface area contributed by atoms with E-state index in [9.17, 15) is 4.79 Å². The van der Waals surface area contributed by atoms with E-state index in [-0.39, 0.29) is 18.6 Å². The highest BCUT2D eigenvalue weighted by Crippen LogP contribution is 2.38. The van der Waals surface area contributed by atoms with Gasteiger partial charge in [0, 0.05) is 53.1 Å². The molecule has 1 heterocycles. The largest absolute Gasteiger partial charge is 0.395 e. The SMILES string of the molecule is CC(=O)Nc1ccc(-c2cnc(-c3ccc(NC(=S)NC(C)C)cc3)s2)c(SNCCO)c1. The van der Waals surface area contributed by atoms with E-state index in [4.69, 9.17) is 17.3 Å². The van der Waals surface area contributed by atoms with Crippen LogP contribution in [0.1, 0.15) is 20.8 Å². The minimum absolute atomic E-state index is 0.0432. The van der Waals surface area contributed by atoms with Crippen molar-refractivity contribution in [1.82, 2.24) is 15.0 Å². The second-order valence-corrected chi connectivity index (χ2v) is 9.84. The lowest BCUT2D eigenvalue weighted by molar-refractivity contribution is -0.114. The van der Waals surface area contributed by atoms with Crippen molar-refractivity contribution in [2.75, 3.05) is 23.8 Å². The van der Waals surface area contributed by atoms with Gasteiger partial charge in [-0.25, -0.2) is 4.98 Å². The van der Waals surface area contributed by atoms with Gasteiger partial charge in [0.1, 0.15) is 5.01 Å². The molecule has 0 radical (unpaired) electrons. The molecule has 0 unspecified atom stereocenters. The molecule has 0 spiro atoms. The van der Waals surface area contributed by atoms with E-state index in [2.05, 4.69) is 25.7 Å². The van der Waals surface area contributed by atoms with Crippen LogP contribution in [0.15, 0.2) is 53.6 Å². The number of hydrogen-bond acceptors (Lipinski definition) is 7. The lowest BCUT2D eigenvalue weighted by atomic mass is 10.2. The molecule has 3 aromatic rings. The number of thiazole rings is 1. The Labute approximate surface area is 207 Å². The summed E-state index contributed by atoms with van der Waals surface area (Å²) >= 11 is 8.31. The molecule has 0 aliphatic carbocycles. The highest BCUT2D eigenvalue weighted by molar-refractivity contribution is 7.97. The summed E-state index contributed by atoms with van der Waals surface area (Å²) in [7, 11) is 0. The molecule has 0 saturated heterocycles. The maximum atomic E-state index is 11.4. The molecule has 0 aliphatic rings. The average Bonchev–Trinajstić information content (AvgIpc) is 3.23. The van der Waals surface area contributed by atoms with Gasteiger partial charge in [-0.1, -0.05) is 6.07 Å². The van der Waals surface area contributed by atoms with Gasteiger partial charge in [0.05, 0.1) is 11.5 Å². The number of rotatable bonds is 9. The van der Waals surface area contributed by atoms with E-state index >= 15 is 0 Å². The van der Waals surface area contributed by atoms with E-state index in [0.717, 1.165) is 37.3 Å². The molecule has 1 amide bonds. The number of nitrogens with zero attached hydrogens (tertiary/aromatic N) is 1.